The molecule has 1 atom stereocenters. The lowest BCUT2D eigenvalue weighted by Crippen LogP contribution is -2.31. The van der Waals surface area contributed by atoms with Crippen molar-refractivity contribution in [1.29, 1.82) is 0 Å². The Kier molecular flexibility index (Phi) is 3.95. The van der Waals surface area contributed by atoms with Crippen molar-refractivity contribution < 1.29 is 4.79 Å². The summed E-state index contributed by atoms with van der Waals surface area (Å²) in [5.74, 6) is 0.480. The smallest absolute Gasteiger partial charge is 0.251 e. The minimum absolute atomic E-state index is 0.0541. The van der Waals surface area contributed by atoms with Crippen molar-refractivity contribution in [2.24, 2.45) is 5.92 Å². The molecule has 0 saturated heterocycles. The second kappa shape index (κ2) is 5.28. The van der Waals surface area contributed by atoms with Crippen LogP contribution in [-0.4, -0.2) is 17.8 Å². The maximum absolute atomic E-state index is 11.9. The highest BCUT2D eigenvalue weighted by molar-refractivity contribution is 6.31. The molecular formula is C13H15Cl2NO. The lowest BCUT2D eigenvalue weighted by atomic mass is 10.1. The SMILES string of the molecule is Cc1ccc(Cl)cc1C(=O)NCC(Cl)C1CC1. The summed E-state index contributed by atoms with van der Waals surface area (Å²) >= 11 is 12.0. The molecule has 1 N–H and O–H groups in total. The van der Waals surface area contributed by atoms with Crippen LogP contribution in [0.3, 0.4) is 0 Å². The van der Waals surface area contributed by atoms with Crippen LogP contribution in [0.25, 0.3) is 0 Å². The van der Waals surface area contributed by atoms with Crippen molar-refractivity contribution >= 4 is 29.1 Å². The summed E-state index contributed by atoms with van der Waals surface area (Å²) in [4.78, 5) is 11.9. The number of hydrogen-bond donors (Lipinski definition) is 1. The van der Waals surface area contributed by atoms with Crippen molar-refractivity contribution in [1.82, 2.24) is 5.32 Å². The fraction of sp³-hybridized carbons (Fsp3) is 0.462. The van der Waals surface area contributed by atoms with Gasteiger partial charge >= 0.3 is 0 Å². The molecule has 1 aromatic carbocycles. The van der Waals surface area contributed by atoms with Crippen molar-refractivity contribution in [2.75, 3.05) is 6.54 Å². The zero-order valence-electron chi connectivity index (χ0n) is 9.67. The van der Waals surface area contributed by atoms with Gasteiger partial charge in [0.25, 0.3) is 5.91 Å². The van der Waals surface area contributed by atoms with Crippen LogP contribution in [0.2, 0.25) is 5.02 Å². The summed E-state index contributed by atoms with van der Waals surface area (Å²) < 4.78 is 0. The van der Waals surface area contributed by atoms with Crippen molar-refractivity contribution in [2.45, 2.75) is 25.1 Å². The molecule has 4 heteroatoms. The lowest BCUT2D eigenvalue weighted by molar-refractivity contribution is 0.0952. The first-order chi connectivity index (χ1) is 8.08. The highest BCUT2D eigenvalue weighted by atomic mass is 35.5. The zero-order valence-corrected chi connectivity index (χ0v) is 11.2. The molecule has 2 rings (SSSR count). The van der Waals surface area contributed by atoms with Gasteiger partial charge in [-0.25, -0.2) is 0 Å². The van der Waals surface area contributed by atoms with E-state index in [1.807, 2.05) is 13.0 Å². The number of amides is 1. The summed E-state index contributed by atoms with van der Waals surface area (Å²) in [5.41, 5.74) is 1.54. The summed E-state index contributed by atoms with van der Waals surface area (Å²) in [6, 6.07) is 5.31. The molecule has 1 aliphatic rings. The average Bonchev–Trinajstić information content (AvgIpc) is 3.12. The van der Waals surface area contributed by atoms with Crippen LogP contribution < -0.4 is 5.32 Å². The Hall–Kier alpha value is -0.730. The van der Waals surface area contributed by atoms with E-state index in [0.29, 0.717) is 23.0 Å². The Morgan fingerprint density at radius 3 is 2.88 bits per heavy atom. The fourth-order valence-corrected chi connectivity index (χ4v) is 2.25. The number of aryl methyl sites for hydroxylation is 1. The normalized spacial score (nSPS) is 16.6. The van der Waals surface area contributed by atoms with E-state index >= 15 is 0 Å². The molecule has 1 amide bonds. The second-order valence-corrected chi connectivity index (χ2v) is 5.52. The van der Waals surface area contributed by atoms with E-state index in [-0.39, 0.29) is 11.3 Å². The fourth-order valence-electron chi connectivity index (χ4n) is 1.75. The van der Waals surface area contributed by atoms with Gasteiger partial charge in [-0.3, -0.25) is 4.79 Å². The van der Waals surface area contributed by atoms with E-state index in [1.54, 1.807) is 12.1 Å². The molecule has 0 heterocycles. The third-order valence-electron chi connectivity index (χ3n) is 3.04. The zero-order chi connectivity index (χ0) is 12.4. The Labute approximate surface area is 111 Å². The molecule has 0 radical (unpaired) electrons. The van der Waals surface area contributed by atoms with Crippen LogP contribution in [0.15, 0.2) is 18.2 Å². The van der Waals surface area contributed by atoms with Gasteiger partial charge in [-0.15, -0.1) is 11.6 Å². The quantitative estimate of drug-likeness (QED) is 0.836. The van der Waals surface area contributed by atoms with Gasteiger partial charge in [0.1, 0.15) is 0 Å². The molecule has 1 saturated carbocycles. The molecule has 0 spiro atoms. The van der Waals surface area contributed by atoms with Gasteiger partial charge in [0.15, 0.2) is 0 Å². The number of hydrogen-bond acceptors (Lipinski definition) is 1. The summed E-state index contributed by atoms with van der Waals surface area (Å²) in [7, 11) is 0. The first kappa shape index (κ1) is 12.7. The van der Waals surface area contributed by atoms with E-state index in [4.69, 9.17) is 23.2 Å². The van der Waals surface area contributed by atoms with Gasteiger partial charge in [0, 0.05) is 17.1 Å². The topological polar surface area (TPSA) is 29.1 Å². The number of halogens is 2. The van der Waals surface area contributed by atoms with Crippen molar-refractivity contribution in [3.63, 3.8) is 0 Å². The first-order valence-corrected chi connectivity index (χ1v) is 6.58. The molecule has 1 aliphatic carbocycles. The minimum atomic E-state index is -0.101. The Bertz CT molecular complexity index is 429. The maximum atomic E-state index is 11.9. The third kappa shape index (κ3) is 3.36. The van der Waals surface area contributed by atoms with Crippen LogP contribution >= 0.6 is 23.2 Å². The molecule has 92 valence electrons. The molecule has 2 nitrogen and oxygen atoms in total. The van der Waals surface area contributed by atoms with Gasteiger partial charge in [0.2, 0.25) is 0 Å². The predicted molar refractivity (Wildman–Crippen MR) is 70.9 cm³/mol. The van der Waals surface area contributed by atoms with Gasteiger partial charge in [-0.1, -0.05) is 17.7 Å². The van der Waals surface area contributed by atoms with E-state index in [1.165, 1.54) is 12.8 Å². The Balaban J connectivity index is 1.96. The first-order valence-electron chi connectivity index (χ1n) is 5.76. The number of nitrogens with one attached hydrogen (secondary N) is 1. The molecular weight excluding hydrogens is 257 g/mol. The average molecular weight is 272 g/mol. The third-order valence-corrected chi connectivity index (χ3v) is 3.78. The lowest BCUT2D eigenvalue weighted by Gasteiger charge is -2.11. The van der Waals surface area contributed by atoms with Crippen LogP contribution in [0, 0.1) is 12.8 Å². The van der Waals surface area contributed by atoms with Crippen LogP contribution in [-0.2, 0) is 0 Å². The molecule has 1 aromatic rings. The number of rotatable bonds is 4. The highest BCUT2D eigenvalue weighted by Gasteiger charge is 2.29. The number of alkyl halides is 1. The minimum Gasteiger partial charge on any atom is -0.351 e. The van der Waals surface area contributed by atoms with Crippen molar-refractivity contribution in [3.8, 4) is 0 Å². The summed E-state index contributed by atoms with van der Waals surface area (Å²) in [6.07, 6.45) is 2.36. The van der Waals surface area contributed by atoms with Gasteiger partial charge in [-0.2, -0.15) is 0 Å². The largest absolute Gasteiger partial charge is 0.351 e. The molecule has 0 bridgehead atoms. The van der Waals surface area contributed by atoms with E-state index < -0.39 is 0 Å². The van der Waals surface area contributed by atoms with E-state index in [0.717, 1.165) is 5.56 Å². The summed E-state index contributed by atoms with van der Waals surface area (Å²) in [6.45, 7) is 2.42. The standard InChI is InChI=1S/C13H15Cl2NO/c1-8-2-5-10(14)6-11(8)13(17)16-7-12(15)9-3-4-9/h2,5-6,9,12H,3-4,7H2,1H3,(H,16,17). The second-order valence-electron chi connectivity index (χ2n) is 4.52. The van der Waals surface area contributed by atoms with Crippen LogP contribution in [0.1, 0.15) is 28.8 Å². The van der Waals surface area contributed by atoms with Crippen LogP contribution in [0.4, 0.5) is 0 Å². The molecule has 1 fully saturated rings. The number of benzene rings is 1. The Morgan fingerprint density at radius 2 is 2.24 bits per heavy atom. The number of carbonyl (C=O) groups is 1. The summed E-state index contributed by atoms with van der Waals surface area (Å²) in [5, 5.41) is 3.49. The predicted octanol–water partition coefficient (Wildman–Crippen LogP) is 3.40. The highest BCUT2D eigenvalue weighted by Crippen LogP contribution is 2.35. The van der Waals surface area contributed by atoms with Crippen molar-refractivity contribution in [3.05, 3.63) is 34.3 Å². The monoisotopic (exact) mass is 271 g/mol. The molecule has 0 aromatic heterocycles. The van der Waals surface area contributed by atoms with E-state index in [9.17, 15) is 4.79 Å². The van der Waals surface area contributed by atoms with Gasteiger partial charge in [0.05, 0.1) is 5.38 Å². The van der Waals surface area contributed by atoms with Gasteiger partial charge in [-0.05, 0) is 43.4 Å². The number of carbonyl (C=O) groups excluding carboxylic acids is 1. The van der Waals surface area contributed by atoms with Crippen LogP contribution in [0.5, 0.6) is 0 Å². The molecule has 1 unspecified atom stereocenters. The molecule has 17 heavy (non-hydrogen) atoms. The van der Waals surface area contributed by atoms with Gasteiger partial charge < -0.3 is 5.32 Å². The molecule has 0 aliphatic heterocycles. The Morgan fingerprint density at radius 1 is 1.53 bits per heavy atom. The maximum Gasteiger partial charge on any atom is 0.251 e. The van der Waals surface area contributed by atoms with E-state index in [2.05, 4.69) is 5.32 Å².